The summed E-state index contributed by atoms with van der Waals surface area (Å²) in [7, 11) is -0.493. The van der Waals surface area contributed by atoms with E-state index in [9.17, 15) is 0 Å². The first-order valence-corrected chi connectivity index (χ1v) is 14.0. The Kier molecular flexibility index (Phi) is 6.34. The molecule has 4 heterocycles. The van der Waals surface area contributed by atoms with Crippen molar-refractivity contribution in [3.8, 4) is 16.9 Å². The van der Waals surface area contributed by atoms with Gasteiger partial charge in [-0.15, -0.1) is 0 Å². The van der Waals surface area contributed by atoms with E-state index in [4.69, 9.17) is 22.4 Å². The highest BCUT2D eigenvalue weighted by Crippen LogP contribution is 2.44. The van der Waals surface area contributed by atoms with Crippen LogP contribution >= 0.6 is 15.8 Å². The van der Waals surface area contributed by atoms with Crippen molar-refractivity contribution >= 4 is 48.5 Å². The lowest BCUT2D eigenvalue weighted by molar-refractivity contribution is 0.417. The first-order chi connectivity index (χ1) is 17.8. The van der Waals surface area contributed by atoms with E-state index in [1.54, 1.807) is 32.2 Å². The van der Waals surface area contributed by atoms with Gasteiger partial charge < -0.3 is 22.4 Å². The molecule has 2 aromatic carbocycles. The van der Waals surface area contributed by atoms with Gasteiger partial charge in [0.2, 0.25) is 0 Å². The van der Waals surface area contributed by atoms with Crippen molar-refractivity contribution in [2.45, 2.75) is 0 Å². The van der Waals surface area contributed by atoms with Gasteiger partial charge in [0, 0.05) is 10.9 Å². The predicted octanol–water partition coefficient (Wildman–Crippen LogP) is 5.25. The normalized spacial score (nSPS) is 11.4. The van der Waals surface area contributed by atoms with Crippen molar-refractivity contribution in [2.24, 2.45) is 0 Å². The van der Waals surface area contributed by atoms with E-state index in [1.807, 2.05) is 60.7 Å². The summed E-state index contributed by atoms with van der Waals surface area (Å²) in [4.78, 5) is 0. The van der Waals surface area contributed by atoms with Gasteiger partial charge in [-0.25, -0.2) is 0 Å². The molecular weight excluding hydrogens is 490 g/mol. The molecule has 0 amide bonds. The molecular formula is C29H22O5P2. The fraction of sp³-hybridized carbons (Fsp3) is 0.0345. The highest BCUT2D eigenvalue weighted by molar-refractivity contribution is 7.80. The van der Waals surface area contributed by atoms with Crippen LogP contribution in [0.3, 0.4) is 0 Å². The summed E-state index contributed by atoms with van der Waals surface area (Å²) in [6.07, 6.45) is 6.82. The topological polar surface area (TPSA) is 61.8 Å². The molecule has 5 nitrogen and oxygen atoms in total. The van der Waals surface area contributed by atoms with Gasteiger partial charge in [0.05, 0.1) is 48.0 Å². The lowest BCUT2D eigenvalue weighted by Crippen LogP contribution is -2.24. The molecule has 7 heteroatoms. The van der Waals surface area contributed by atoms with E-state index < -0.39 is 15.8 Å². The van der Waals surface area contributed by atoms with Crippen LogP contribution in [-0.4, -0.2) is 7.11 Å². The Hall–Kier alpha value is -3.78. The number of benzene rings is 2. The SMILES string of the molecule is COc1cccc(P(c2ccco2)c2ccco2)c1-c1ccccc1P(c1ccco1)c1ccco1. The average Bonchev–Trinajstić information content (AvgIpc) is 3.74. The average molecular weight is 512 g/mol. The van der Waals surface area contributed by atoms with Crippen LogP contribution in [0.25, 0.3) is 11.1 Å². The lowest BCUT2D eigenvalue weighted by atomic mass is 10.0. The van der Waals surface area contributed by atoms with Crippen LogP contribution in [0.2, 0.25) is 0 Å². The number of hydrogen-bond acceptors (Lipinski definition) is 5. The zero-order valence-corrected chi connectivity index (χ0v) is 21.2. The minimum absolute atomic E-state index is 0.777. The molecule has 178 valence electrons. The van der Waals surface area contributed by atoms with Crippen molar-refractivity contribution in [1.29, 1.82) is 0 Å². The van der Waals surface area contributed by atoms with Gasteiger partial charge in [-0.1, -0.05) is 36.4 Å². The second-order valence-electron chi connectivity index (χ2n) is 7.85. The molecule has 0 saturated heterocycles. The Morgan fingerprint density at radius 1 is 0.500 bits per heavy atom. The molecule has 6 aromatic rings. The summed E-state index contributed by atoms with van der Waals surface area (Å²) in [6.45, 7) is 0. The van der Waals surface area contributed by atoms with Crippen molar-refractivity contribution < 1.29 is 22.4 Å². The Labute approximate surface area is 210 Å². The van der Waals surface area contributed by atoms with Crippen LogP contribution in [0.4, 0.5) is 0 Å². The maximum Gasteiger partial charge on any atom is 0.137 e. The maximum absolute atomic E-state index is 5.95. The molecule has 6 rings (SSSR count). The third kappa shape index (κ3) is 4.11. The van der Waals surface area contributed by atoms with Crippen LogP contribution in [0.1, 0.15) is 0 Å². The Bertz CT molecular complexity index is 1450. The van der Waals surface area contributed by atoms with Gasteiger partial charge in [-0.2, -0.15) is 0 Å². The molecule has 0 unspecified atom stereocenters. The van der Waals surface area contributed by atoms with Crippen molar-refractivity contribution in [2.75, 3.05) is 7.11 Å². The molecule has 0 N–H and O–H groups in total. The van der Waals surface area contributed by atoms with Crippen LogP contribution in [0.5, 0.6) is 5.75 Å². The highest BCUT2D eigenvalue weighted by Gasteiger charge is 2.31. The third-order valence-corrected chi connectivity index (χ3v) is 10.3. The van der Waals surface area contributed by atoms with E-state index in [1.165, 1.54) is 0 Å². The fourth-order valence-corrected chi connectivity index (χ4v) is 8.65. The summed E-state index contributed by atoms with van der Waals surface area (Å²) in [6, 6.07) is 30.2. The minimum atomic E-state index is -1.11. The molecule has 0 aliphatic carbocycles. The number of hydrogen-bond donors (Lipinski definition) is 0. The van der Waals surface area contributed by atoms with Crippen LogP contribution in [0, 0.1) is 0 Å². The monoisotopic (exact) mass is 512 g/mol. The van der Waals surface area contributed by atoms with Crippen molar-refractivity contribution in [3.05, 3.63) is 116 Å². The fourth-order valence-electron chi connectivity index (χ4n) is 4.31. The molecule has 36 heavy (non-hydrogen) atoms. The maximum atomic E-state index is 5.95. The quantitative estimate of drug-likeness (QED) is 0.261. The van der Waals surface area contributed by atoms with Gasteiger partial charge in [-0.05, 0) is 65.5 Å². The summed E-state index contributed by atoms with van der Waals surface area (Å²) >= 11 is 0. The molecule has 0 bridgehead atoms. The first-order valence-electron chi connectivity index (χ1n) is 11.4. The number of ether oxygens (including phenoxy) is 1. The van der Waals surface area contributed by atoms with E-state index in [2.05, 4.69) is 30.3 Å². The second kappa shape index (κ2) is 10.1. The molecule has 0 aliphatic rings. The van der Waals surface area contributed by atoms with Gasteiger partial charge in [0.25, 0.3) is 0 Å². The Morgan fingerprint density at radius 2 is 0.972 bits per heavy atom. The zero-order chi connectivity index (χ0) is 24.3. The van der Waals surface area contributed by atoms with E-state index in [0.29, 0.717) is 0 Å². The van der Waals surface area contributed by atoms with Gasteiger partial charge in [0.1, 0.15) is 27.8 Å². The predicted molar refractivity (Wildman–Crippen MR) is 145 cm³/mol. The molecule has 4 aromatic heterocycles. The van der Waals surface area contributed by atoms with Crippen LogP contribution < -0.4 is 37.4 Å². The Balaban J connectivity index is 1.62. The Morgan fingerprint density at radius 3 is 1.44 bits per heavy atom. The van der Waals surface area contributed by atoms with Crippen LogP contribution in [0.15, 0.2) is 134 Å². The summed E-state index contributed by atoms with van der Waals surface area (Å²) in [5.41, 5.74) is 5.48. The number of methoxy groups -OCH3 is 1. The second-order valence-corrected chi connectivity index (χ2v) is 11.9. The zero-order valence-electron chi connectivity index (χ0n) is 19.4. The molecule has 0 fully saturated rings. The van der Waals surface area contributed by atoms with Gasteiger partial charge >= 0.3 is 0 Å². The first kappa shape index (κ1) is 22.7. The smallest absolute Gasteiger partial charge is 0.137 e. The standard InChI is InChI=1S/C29H22O5P2/c1-30-22-10-4-12-24(36(27-15-7-19-33-27)28-16-8-20-34-28)29(22)21-9-2-3-11-23(21)35(25-13-5-17-31-25)26-14-6-18-32-26/h2-20H,1H3. The number of rotatable bonds is 8. The van der Waals surface area contributed by atoms with Crippen molar-refractivity contribution in [3.63, 3.8) is 0 Å². The van der Waals surface area contributed by atoms with Gasteiger partial charge in [-0.3, -0.25) is 0 Å². The molecule has 0 saturated carbocycles. The lowest BCUT2D eigenvalue weighted by Gasteiger charge is -2.23. The highest BCUT2D eigenvalue weighted by atomic mass is 31.1. The summed E-state index contributed by atoms with van der Waals surface area (Å²) in [5.74, 6) is 0.777. The number of furan rings is 4. The van der Waals surface area contributed by atoms with E-state index in [0.717, 1.165) is 49.5 Å². The summed E-state index contributed by atoms with van der Waals surface area (Å²) in [5, 5.41) is 2.19. The van der Waals surface area contributed by atoms with E-state index >= 15 is 0 Å². The summed E-state index contributed by atoms with van der Waals surface area (Å²) < 4.78 is 29.7. The van der Waals surface area contributed by atoms with E-state index in [-0.39, 0.29) is 0 Å². The third-order valence-electron chi connectivity index (χ3n) is 5.79. The minimum Gasteiger partial charge on any atom is -0.496 e. The molecule has 0 spiro atoms. The molecule has 0 radical (unpaired) electrons. The van der Waals surface area contributed by atoms with Crippen molar-refractivity contribution in [1.82, 2.24) is 0 Å². The van der Waals surface area contributed by atoms with Gasteiger partial charge in [0.15, 0.2) is 0 Å². The van der Waals surface area contributed by atoms with Crippen LogP contribution in [-0.2, 0) is 0 Å². The largest absolute Gasteiger partial charge is 0.496 e. The molecule has 0 aliphatic heterocycles. The molecule has 0 atom stereocenters.